The minimum atomic E-state index is 0.140. The number of nitrogens with zero attached hydrogens (tertiary/aromatic N) is 1. The van der Waals surface area contributed by atoms with Gasteiger partial charge in [-0.3, -0.25) is 0 Å². The average Bonchev–Trinajstić information content (AvgIpc) is 2.67. The molecule has 3 N–H and O–H groups in total. The summed E-state index contributed by atoms with van der Waals surface area (Å²) in [6.45, 7) is 8.29. The first-order chi connectivity index (χ1) is 13.1. The first-order valence-corrected chi connectivity index (χ1v) is 9.17. The van der Waals surface area contributed by atoms with Crippen LogP contribution in [0.2, 0.25) is 0 Å². The molecule has 0 amide bonds. The van der Waals surface area contributed by atoms with E-state index in [2.05, 4.69) is 27.8 Å². The summed E-state index contributed by atoms with van der Waals surface area (Å²) in [4.78, 5) is 4.62. The van der Waals surface area contributed by atoms with E-state index in [-0.39, 0.29) is 5.75 Å². The monoisotopic (exact) mass is 371 g/mol. The van der Waals surface area contributed by atoms with Gasteiger partial charge in [-0.1, -0.05) is 18.2 Å². The standard InChI is InChI=1S/C21H29N3O3/c1-5-22-21(24-14-17-9-7-15(3)11-19(17)26-4)23-13-16-8-10-18(25)20(12-16)27-6-2/h7-12,25H,5-6,13-14H2,1-4H3,(H2,22,23,24). The summed E-state index contributed by atoms with van der Waals surface area (Å²) in [6, 6.07) is 11.4. The van der Waals surface area contributed by atoms with Crippen LogP contribution >= 0.6 is 0 Å². The lowest BCUT2D eigenvalue weighted by Crippen LogP contribution is -2.36. The summed E-state index contributed by atoms with van der Waals surface area (Å²) >= 11 is 0. The number of hydrogen-bond acceptors (Lipinski definition) is 4. The van der Waals surface area contributed by atoms with E-state index in [1.165, 1.54) is 0 Å². The molecule has 2 aromatic rings. The van der Waals surface area contributed by atoms with Crippen molar-refractivity contribution >= 4 is 5.96 Å². The highest BCUT2D eigenvalue weighted by Crippen LogP contribution is 2.27. The molecule has 0 aliphatic carbocycles. The predicted octanol–water partition coefficient (Wildman–Crippen LogP) is 3.36. The van der Waals surface area contributed by atoms with Crippen molar-refractivity contribution in [1.82, 2.24) is 10.6 Å². The zero-order valence-electron chi connectivity index (χ0n) is 16.5. The topological polar surface area (TPSA) is 75.1 Å². The summed E-state index contributed by atoms with van der Waals surface area (Å²) in [5, 5.41) is 16.4. The predicted molar refractivity (Wildman–Crippen MR) is 109 cm³/mol. The number of rotatable bonds is 8. The number of hydrogen-bond donors (Lipinski definition) is 3. The Morgan fingerprint density at radius 3 is 2.59 bits per heavy atom. The number of benzene rings is 2. The van der Waals surface area contributed by atoms with Crippen molar-refractivity contribution in [2.75, 3.05) is 20.3 Å². The van der Waals surface area contributed by atoms with Gasteiger partial charge in [0.2, 0.25) is 0 Å². The fraction of sp³-hybridized carbons (Fsp3) is 0.381. The van der Waals surface area contributed by atoms with Crippen LogP contribution in [0.3, 0.4) is 0 Å². The Balaban J connectivity index is 2.07. The molecule has 2 rings (SSSR count). The minimum absolute atomic E-state index is 0.140. The van der Waals surface area contributed by atoms with E-state index < -0.39 is 0 Å². The Hall–Kier alpha value is -2.89. The van der Waals surface area contributed by atoms with E-state index in [1.807, 2.05) is 39.0 Å². The number of phenolic OH excluding ortho intramolecular Hbond substituents is 1. The molecule has 0 radical (unpaired) electrons. The summed E-state index contributed by atoms with van der Waals surface area (Å²) in [7, 11) is 1.68. The van der Waals surface area contributed by atoms with Crippen molar-refractivity contribution in [1.29, 1.82) is 0 Å². The second kappa shape index (κ2) is 10.3. The second-order valence-corrected chi connectivity index (χ2v) is 6.10. The van der Waals surface area contributed by atoms with E-state index in [9.17, 15) is 5.11 Å². The van der Waals surface area contributed by atoms with Crippen LogP contribution in [0.25, 0.3) is 0 Å². The maximum absolute atomic E-state index is 9.81. The summed E-state index contributed by atoms with van der Waals surface area (Å²) < 4.78 is 10.9. The highest BCUT2D eigenvalue weighted by atomic mass is 16.5. The smallest absolute Gasteiger partial charge is 0.191 e. The molecule has 0 spiro atoms. The average molecular weight is 371 g/mol. The molecule has 0 bridgehead atoms. The largest absolute Gasteiger partial charge is 0.504 e. The lowest BCUT2D eigenvalue weighted by Gasteiger charge is -2.14. The maximum Gasteiger partial charge on any atom is 0.191 e. The number of methoxy groups -OCH3 is 1. The SMILES string of the molecule is CCNC(=NCc1ccc(O)c(OCC)c1)NCc1ccc(C)cc1OC. The first kappa shape index (κ1) is 20.4. The Morgan fingerprint density at radius 2 is 1.89 bits per heavy atom. The Bertz CT molecular complexity index is 775. The molecule has 146 valence electrons. The van der Waals surface area contributed by atoms with Crippen LogP contribution in [-0.2, 0) is 13.1 Å². The van der Waals surface area contributed by atoms with E-state index in [0.717, 1.165) is 29.0 Å². The normalized spacial score (nSPS) is 11.2. The van der Waals surface area contributed by atoms with Gasteiger partial charge in [-0.15, -0.1) is 0 Å². The van der Waals surface area contributed by atoms with Gasteiger partial charge in [-0.2, -0.15) is 0 Å². The molecular weight excluding hydrogens is 342 g/mol. The quantitative estimate of drug-likeness (QED) is 0.490. The van der Waals surface area contributed by atoms with Crippen LogP contribution < -0.4 is 20.1 Å². The van der Waals surface area contributed by atoms with Gasteiger partial charge in [-0.25, -0.2) is 4.99 Å². The van der Waals surface area contributed by atoms with E-state index in [0.29, 0.717) is 31.4 Å². The van der Waals surface area contributed by atoms with Gasteiger partial charge < -0.3 is 25.2 Å². The first-order valence-electron chi connectivity index (χ1n) is 9.17. The van der Waals surface area contributed by atoms with Gasteiger partial charge in [0.1, 0.15) is 5.75 Å². The zero-order valence-corrected chi connectivity index (χ0v) is 16.5. The van der Waals surface area contributed by atoms with Gasteiger partial charge >= 0.3 is 0 Å². The number of aliphatic imine (C=N–C) groups is 1. The van der Waals surface area contributed by atoms with Gasteiger partial charge in [0.05, 0.1) is 20.3 Å². The fourth-order valence-corrected chi connectivity index (χ4v) is 2.62. The van der Waals surface area contributed by atoms with Crippen LogP contribution in [0.1, 0.15) is 30.5 Å². The van der Waals surface area contributed by atoms with Crippen molar-refractivity contribution in [3.05, 3.63) is 53.1 Å². The Labute approximate surface area is 161 Å². The van der Waals surface area contributed by atoms with Crippen LogP contribution in [0, 0.1) is 6.92 Å². The molecule has 2 aromatic carbocycles. The van der Waals surface area contributed by atoms with Crippen molar-refractivity contribution in [2.24, 2.45) is 4.99 Å². The van der Waals surface area contributed by atoms with Gasteiger partial charge in [0.15, 0.2) is 17.5 Å². The number of nitrogens with one attached hydrogen (secondary N) is 2. The van der Waals surface area contributed by atoms with Crippen LogP contribution in [-0.4, -0.2) is 31.3 Å². The molecule has 0 saturated carbocycles. The van der Waals surface area contributed by atoms with Gasteiger partial charge in [-0.05, 0) is 50.1 Å². The lowest BCUT2D eigenvalue weighted by atomic mass is 10.1. The highest BCUT2D eigenvalue weighted by molar-refractivity contribution is 5.79. The van der Waals surface area contributed by atoms with Crippen LogP contribution in [0.5, 0.6) is 17.2 Å². The molecule has 6 nitrogen and oxygen atoms in total. The second-order valence-electron chi connectivity index (χ2n) is 6.10. The molecule has 0 aliphatic heterocycles. The Morgan fingerprint density at radius 1 is 1.07 bits per heavy atom. The maximum atomic E-state index is 9.81. The third-order valence-electron chi connectivity index (χ3n) is 3.98. The lowest BCUT2D eigenvalue weighted by molar-refractivity contribution is 0.318. The van der Waals surface area contributed by atoms with Crippen molar-refractivity contribution in [3.63, 3.8) is 0 Å². The van der Waals surface area contributed by atoms with Crippen molar-refractivity contribution in [3.8, 4) is 17.2 Å². The molecule has 0 saturated heterocycles. The molecular formula is C21H29N3O3. The van der Waals surface area contributed by atoms with Crippen molar-refractivity contribution < 1.29 is 14.6 Å². The fourth-order valence-electron chi connectivity index (χ4n) is 2.62. The zero-order chi connectivity index (χ0) is 19.6. The minimum Gasteiger partial charge on any atom is -0.504 e. The number of ether oxygens (including phenoxy) is 2. The van der Waals surface area contributed by atoms with E-state index in [4.69, 9.17) is 9.47 Å². The molecule has 0 atom stereocenters. The molecule has 6 heteroatoms. The summed E-state index contributed by atoms with van der Waals surface area (Å²) in [6.07, 6.45) is 0. The molecule has 0 fully saturated rings. The Kier molecular flexibility index (Phi) is 7.79. The van der Waals surface area contributed by atoms with E-state index in [1.54, 1.807) is 13.2 Å². The molecule has 27 heavy (non-hydrogen) atoms. The molecule has 0 aromatic heterocycles. The molecule has 0 unspecified atom stereocenters. The van der Waals surface area contributed by atoms with E-state index >= 15 is 0 Å². The summed E-state index contributed by atoms with van der Waals surface area (Å²) in [5.74, 6) is 2.19. The van der Waals surface area contributed by atoms with Crippen molar-refractivity contribution in [2.45, 2.75) is 33.9 Å². The summed E-state index contributed by atoms with van der Waals surface area (Å²) in [5.41, 5.74) is 3.19. The van der Waals surface area contributed by atoms with Crippen LogP contribution in [0.4, 0.5) is 0 Å². The van der Waals surface area contributed by atoms with Crippen LogP contribution in [0.15, 0.2) is 41.4 Å². The number of aromatic hydroxyl groups is 1. The molecule has 0 aliphatic rings. The van der Waals surface area contributed by atoms with Gasteiger partial charge in [0, 0.05) is 18.7 Å². The third-order valence-corrected chi connectivity index (χ3v) is 3.98. The number of phenols is 1. The molecule has 0 heterocycles. The van der Waals surface area contributed by atoms with Gasteiger partial charge in [0.25, 0.3) is 0 Å². The number of guanidine groups is 1. The third kappa shape index (κ3) is 6.09. The highest BCUT2D eigenvalue weighted by Gasteiger charge is 2.06. The number of aryl methyl sites for hydroxylation is 1.